The van der Waals surface area contributed by atoms with Crippen LogP contribution in [0.1, 0.15) is 0 Å². The van der Waals surface area contributed by atoms with Gasteiger partial charge in [0.2, 0.25) is 0 Å². The molecule has 1 fully saturated rings. The van der Waals surface area contributed by atoms with Crippen molar-refractivity contribution in [1.82, 2.24) is 26.1 Å². The number of thiol groups is 1. The summed E-state index contributed by atoms with van der Waals surface area (Å²) in [4.78, 5) is 0. The number of hydrogen-bond donors (Lipinski definition) is 4. The van der Waals surface area contributed by atoms with Gasteiger partial charge in [0, 0.05) is 0 Å². The molecule has 1 saturated heterocycles. The molecule has 1 atom stereocenters. The molecule has 0 saturated carbocycles. The highest BCUT2D eigenvalue weighted by Crippen LogP contribution is 2.02. The number of hydrazine groups is 2. The summed E-state index contributed by atoms with van der Waals surface area (Å²) < 4.78 is 1.42. The SMILES string of the molecule is [N]NC1NCN(S)N1N. The smallest absolute Gasteiger partial charge is 0.159 e. The van der Waals surface area contributed by atoms with Crippen LogP contribution in [0.25, 0.3) is 0 Å². The maximum absolute atomic E-state index is 8.36. The first-order valence-electron chi connectivity index (χ1n) is 2.39. The molecule has 0 aromatic heterocycles. The van der Waals surface area contributed by atoms with Crippen LogP contribution in [0, 0.1) is 0 Å². The molecule has 1 rings (SSSR count). The maximum atomic E-state index is 8.36. The van der Waals surface area contributed by atoms with Crippen molar-refractivity contribution >= 4 is 12.8 Å². The third-order valence-electron chi connectivity index (χ3n) is 1.08. The van der Waals surface area contributed by atoms with Crippen LogP contribution in [0.3, 0.4) is 0 Å². The lowest BCUT2D eigenvalue weighted by Gasteiger charge is -2.19. The molecule has 52 valence electrons. The van der Waals surface area contributed by atoms with Crippen LogP contribution in [0.15, 0.2) is 0 Å². The standard InChI is InChI=1S/C2H8N6S/c3-6-2-5-1-7(9)8(2)4/h2,5-6,9H,1,4H2. The van der Waals surface area contributed by atoms with E-state index in [1.54, 1.807) is 0 Å². The lowest BCUT2D eigenvalue weighted by Crippen LogP contribution is -2.52. The molecule has 0 amide bonds. The summed E-state index contributed by atoms with van der Waals surface area (Å²) in [5.74, 6) is 13.7. The van der Waals surface area contributed by atoms with Crippen LogP contribution in [0.2, 0.25) is 0 Å². The van der Waals surface area contributed by atoms with Crippen molar-refractivity contribution in [3.8, 4) is 0 Å². The van der Waals surface area contributed by atoms with Gasteiger partial charge < -0.3 is 0 Å². The molecule has 1 aliphatic heterocycles. The van der Waals surface area contributed by atoms with Crippen molar-refractivity contribution in [3.05, 3.63) is 0 Å². The van der Waals surface area contributed by atoms with Crippen LogP contribution in [-0.4, -0.2) is 22.5 Å². The zero-order valence-electron chi connectivity index (χ0n) is 4.65. The van der Waals surface area contributed by atoms with Gasteiger partial charge in [-0.2, -0.15) is 9.84 Å². The third-order valence-corrected chi connectivity index (χ3v) is 1.43. The summed E-state index contributed by atoms with van der Waals surface area (Å²) >= 11 is 3.92. The summed E-state index contributed by atoms with van der Waals surface area (Å²) in [6.07, 6.45) is -0.442. The van der Waals surface area contributed by atoms with E-state index in [2.05, 4.69) is 18.1 Å². The Kier molecular flexibility index (Phi) is 2.24. The average molecular weight is 148 g/mol. The van der Waals surface area contributed by atoms with Crippen LogP contribution < -0.4 is 22.4 Å². The Hall–Kier alpha value is 0.110. The van der Waals surface area contributed by atoms with Gasteiger partial charge in [0.1, 0.15) is 0 Å². The van der Waals surface area contributed by atoms with Gasteiger partial charge in [-0.15, -0.1) is 5.12 Å². The van der Waals surface area contributed by atoms with E-state index < -0.39 is 6.29 Å². The summed E-state index contributed by atoms with van der Waals surface area (Å²) in [5.41, 5.74) is 1.94. The molecule has 4 N–H and O–H groups in total. The largest absolute Gasteiger partial charge is 0.271 e. The first-order chi connectivity index (χ1) is 4.25. The second-order valence-corrected chi connectivity index (χ2v) is 2.11. The predicted molar refractivity (Wildman–Crippen MR) is 33.9 cm³/mol. The van der Waals surface area contributed by atoms with Gasteiger partial charge in [0.05, 0.1) is 6.67 Å². The third kappa shape index (κ3) is 1.33. The zero-order chi connectivity index (χ0) is 6.85. The van der Waals surface area contributed by atoms with Crippen LogP contribution in [-0.2, 0) is 0 Å². The molecule has 7 heteroatoms. The highest BCUT2D eigenvalue weighted by Gasteiger charge is 2.25. The van der Waals surface area contributed by atoms with E-state index in [0.29, 0.717) is 6.67 Å². The van der Waals surface area contributed by atoms with Gasteiger partial charge in [-0.05, 0) is 5.84 Å². The monoisotopic (exact) mass is 148 g/mol. The Labute approximate surface area is 58.6 Å². The zero-order valence-corrected chi connectivity index (χ0v) is 5.55. The van der Waals surface area contributed by atoms with Crippen molar-refractivity contribution in [2.75, 3.05) is 6.67 Å². The summed E-state index contributed by atoms with van der Waals surface area (Å²) in [6.45, 7) is 0.498. The van der Waals surface area contributed by atoms with Gasteiger partial charge in [-0.3, -0.25) is 11.2 Å². The molecule has 9 heavy (non-hydrogen) atoms. The Bertz CT molecular complexity index is 97.1. The molecule has 1 unspecified atom stereocenters. The summed E-state index contributed by atoms with van der Waals surface area (Å²) in [5, 5.41) is 4.02. The van der Waals surface area contributed by atoms with Crippen molar-refractivity contribution < 1.29 is 0 Å². The lowest BCUT2D eigenvalue weighted by atomic mass is 10.9. The summed E-state index contributed by atoms with van der Waals surface area (Å²) in [7, 11) is 0. The second kappa shape index (κ2) is 2.80. The number of rotatable bonds is 1. The van der Waals surface area contributed by atoms with Gasteiger partial charge in [0.15, 0.2) is 6.29 Å². The highest BCUT2D eigenvalue weighted by atomic mass is 32.1. The fourth-order valence-corrected chi connectivity index (χ4v) is 0.766. The molecule has 2 radical (unpaired) electrons. The van der Waals surface area contributed by atoms with Crippen LogP contribution in [0.5, 0.6) is 0 Å². The van der Waals surface area contributed by atoms with Crippen molar-refractivity contribution in [2.45, 2.75) is 6.29 Å². The van der Waals surface area contributed by atoms with Crippen molar-refractivity contribution in [2.24, 2.45) is 5.84 Å². The quantitative estimate of drug-likeness (QED) is 0.190. The van der Waals surface area contributed by atoms with Crippen LogP contribution >= 0.6 is 12.8 Å². The Morgan fingerprint density at radius 3 is 2.78 bits per heavy atom. The Morgan fingerprint density at radius 2 is 2.56 bits per heavy atom. The minimum absolute atomic E-state index is 0.442. The van der Waals surface area contributed by atoms with Gasteiger partial charge in [-0.1, -0.05) is 12.8 Å². The van der Waals surface area contributed by atoms with E-state index in [4.69, 9.17) is 11.7 Å². The first-order valence-corrected chi connectivity index (χ1v) is 2.79. The predicted octanol–water partition coefficient (Wildman–Crippen LogP) is -2.36. The number of nitrogens with zero attached hydrogens (tertiary/aromatic N) is 3. The van der Waals surface area contributed by atoms with Gasteiger partial charge in [-0.25, -0.2) is 0 Å². The molecule has 0 spiro atoms. The minimum Gasteiger partial charge on any atom is -0.271 e. The van der Waals surface area contributed by atoms with E-state index in [1.807, 2.05) is 5.43 Å². The van der Waals surface area contributed by atoms with E-state index in [0.717, 1.165) is 0 Å². The molecule has 1 aliphatic rings. The van der Waals surface area contributed by atoms with E-state index in [-0.39, 0.29) is 0 Å². The maximum Gasteiger partial charge on any atom is 0.159 e. The fraction of sp³-hybridized carbons (Fsp3) is 1.00. The molecule has 6 nitrogen and oxygen atoms in total. The average Bonchev–Trinajstić information content (AvgIpc) is 2.15. The molecular formula is C2H8N6S. The lowest BCUT2D eigenvalue weighted by molar-refractivity contribution is 0.0703. The van der Waals surface area contributed by atoms with Crippen molar-refractivity contribution in [3.63, 3.8) is 0 Å². The minimum atomic E-state index is -0.442. The van der Waals surface area contributed by atoms with Gasteiger partial charge in [0.25, 0.3) is 0 Å². The molecule has 0 aliphatic carbocycles. The number of nitrogens with one attached hydrogen (secondary N) is 2. The summed E-state index contributed by atoms with van der Waals surface area (Å²) in [6, 6.07) is 0. The molecule has 0 bridgehead atoms. The fourth-order valence-electron chi connectivity index (χ4n) is 0.581. The normalized spacial score (nSPS) is 31.7. The highest BCUT2D eigenvalue weighted by molar-refractivity contribution is 7.77. The molecule has 0 aromatic carbocycles. The van der Waals surface area contributed by atoms with E-state index in [9.17, 15) is 0 Å². The number of nitrogens with two attached hydrogens (primary N) is 1. The van der Waals surface area contributed by atoms with Crippen LogP contribution in [0.4, 0.5) is 0 Å². The van der Waals surface area contributed by atoms with E-state index >= 15 is 0 Å². The molecular weight excluding hydrogens is 140 g/mol. The molecule has 1 heterocycles. The second-order valence-electron chi connectivity index (χ2n) is 1.65. The van der Waals surface area contributed by atoms with Crippen molar-refractivity contribution in [1.29, 1.82) is 0 Å². The first kappa shape index (κ1) is 7.22. The Balaban J connectivity index is 2.41. The molecule has 0 aromatic rings. The topological polar surface area (TPSA) is 78.9 Å². The van der Waals surface area contributed by atoms with Gasteiger partial charge >= 0.3 is 0 Å². The van der Waals surface area contributed by atoms with E-state index in [1.165, 1.54) is 9.53 Å². The number of hydrogen-bond acceptors (Lipinski definition) is 6. The Morgan fingerprint density at radius 1 is 1.89 bits per heavy atom.